The lowest BCUT2D eigenvalue weighted by atomic mass is 9.74. The van der Waals surface area contributed by atoms with Crippen LogP contribution in [0, 0.1) is 11.6 Å². The van der Waals surface area contributed by atoms with Crippen LogP contribution in [0.4, 0.5) is 8.78 Å². The van der Waals surface area contributed by atoms with Gasteiger partial charge in [0.2, 0.25) is 0 Å². The number of hydrogen-bond acceptors (Lipinski definition) is 2. The third-order valence-electron chi connectivity index (χ3n) is 4.96. The first-order valence-corrected chi connectivity index (χ1v) is 8.61. The van der Waals surface area contributed by atoms with Gasteiger partial charge in [0.15, 0.2) is 0 Å². The molecule has 0 spiro atoms. The van der Waals surface area contributed by atoms with Crippen LogP contribution in [-0.2, 0) is 5.41 Å². The lowest BCUT2D eigenvalue weighted by Crippen LogP contribution is -2.26. The van der Waals surface area contributed by atoms with Crippen molar-refractivity contribution in [2.75, 3.05) is 7.11 Å². The summed E-state index contributed by atoms with van der Waals surface area (Å²) in [5.41, 5.74) is 2.09. The van der Waals surface area contributed by atoms with Gasteiger partial charge >= 0.3 is 0 Å². The van der Waals surface area contributed by atoms with Gasteiger partial charge in [-0.2, -0.15) is 0 Å². The average molecular weight is 364 g/mol. The molecule has 0 saturated carbocycles. The number of halogens is 2. The van der Waals surface area contributed by atoms with E-state index in [0.717, 1.165) is 16.7 Å². The van der Waals surface area contributed by atoms with Gasteiger partial charge in [0.25, 0.3) is 0 Å². The number of hydrogen-bond donors (Lipinski definition) is 0. The van der Waals surface area contributed by atoms with E-state index in [-0.39, 0.29) is 11.6 Å². The molecular weight excluding hydrogens is 346 g/mol. The van der Waals surface area contributed by atoms with Crippen LogP contribution >= 0.6 is 0 Å². The van der Waals surface area contributed by atoms with Crippen molar-refractivity contribution in [3.8, 4) is 11.5 Å². The highest BCUT2D eigenvalue weighted by Crippen LogP contribution is 2.46. The smallest absolute Gasteiger partial charge is 0.135 e. The maximum absolute atomic E-state index is 13.5. The molecular formula is C23H18F2O2. The summed E-state index contributed by atoms with van der Waals surface area (Å²) >= 11 is 0. The fraction of sp³-hybridized carbons (Fsp3) is 0.130. The maximum atomic E-state index is 13.5. The number of allylic oxidation sites excluding steroid dienone is 1. The standard InChI is InChI=1S/C23H18F2O2/c1-23(16-5-9-18(25)10-6-16)14-22(15-3-7-17(24)8-4-15)27-21-13-19(26-2)11-12-20(21)23/h3-14H,1-2H3. The quantitative estimate of drug-likeness (QED) is 0.592. The van der Waals surface area contributed by atoms with Gasteiger partial charge in [-0.1, -0.05) is 18.2 Å². The van der Waals surface area contributed by atoms with Crippen LogP contribution in [0.25, 0.3) is 5.76 Å². The van der Waals surface area contributed by atoms with E-state index < -0.39 is 5.41 Å². The monoisotopic (exact) mass is 364 g/mol. The van der Waals surface area contributed by atoms with E-state index in [4.69, 9.17) is 9.47 Å². The van der Waals surface area contributed by atoms with E-state index in [1.165, 1.54) is 24.3 Å². The van der Waals surface area contributed by atoms with Crippen molar-refractivity contribution in [2.45, 2.75) is 12.3 Å². The van der Waals surface area contributed by atoms with E-state index in [2.05, 4.69) is 6.92 Å². The Morgan fingerprint density at radius 1 is 0.852 bits per heavy atom. The molecule has 0 amide bonds. The van der Waals surface area contributed by atoms with E-state index >= 15 is 0 Å². The third kappa shape index (κ3) is 3.08. The topological polar surface area (TPSA) is 18.5 Å². The first kappa shape index (κ1) is 17.3. The van der Waals surface area contributed by atoms with Gasteiger partial charge in [0, 0.05) is 22.6 Å². The molecule has 4 heteroatoms. The average Bonchev–Trinajstić information content (AvgIpc) is 2.68. The minimum absolute atomic E-state index is 0.285. The SMILES string of the molecule is COc1ccc2c(c1)OC(c1ccc(F)cc1)=CC2(C)c1ccc(F)cc1. The molecule has 1 aliphatic rings. The van der Waals surface area contributed by atoms with Gasteiger partial charge in [-0.25, -0.2) is 8.78 Å². The molecule has 3 aromatic carbocycles. The molecule has 3 aromatic rings. The maximum Gasteiger partial charge on any atom is 0.135 e. The normalized spacial score (nSPS) is 18.3. The second-order valence-corrected chi connectivity index (χ2v) is 6.69. The summed E-state index contributed by atoms with van der Waals surface area (Å²) in [4.78, 5) is 0. The predicted molar refractivity (Wildman–Crippen MR) is 101 cm³/mol. The van der Waals surface area contributed by atoms with Crippen LogP contribution in [0.15, 0.2) is 72.8 Å². The van der Waals surface area contributed by atoms with Gasteiger partial charge in [-0.05, 0) is 61.0 Å². The van der Waals surface area contributed by atoms with Gasteiger partial charge in [-0.15, -0.1) is 0 Å². The highest BCUT2D eigenvalue weighted by atomic mass is 19.1. The fourth-order valence-corrected chi connectivity index (χ4v) is 3.42. The molecule has 0 saturated heterocycles. The Hall–Kier alpha value is -3.14. The van der Waals surface area contributed by atoms with Crippen LogP contribution in [-0.4, -0.2) is 7.11 Å². The lowest BCUT2D eigenvalue weighted by Gasteiger charge is -2.34. The molecule has 0 aliphatic carbocycles. The van der Waals surface area contributed by atoms with E-state index in [9.17, 15) is 8.78 Å². The minimum atomic E-state index is -0.544. The predicted octanol–water partition coefficient (Wildman–Crippen LogP) is 5.71. The Balaban J connectivity index is 1.91. The number of benzene rings is 3. The molecule has 1 atom stereocenters. The van der Waals surface area contributed by atoms with Crippen molar-refractivity contribution in [3.63, 3.8) is 0 Å². The Labute approximate surface area is 156 Å². The molecule has 0 N–H and O–H groups in total. The molecule has 2 nitrogen and oxygen atoms in total. The van der Waals surface area contributed by atoms with Crippen molar-refractivity contribution >= 4 is 5.76 Å². The van der Waals surface area contributed by atoms with Crippen molar-refractivity contribution in [2.24, 2.45) is 0 Å². The molecule has 1 aliphatic heterocycles. The summed E-state index contributed by atoms with van der Waals surface area (Å²) in [6.45, 7) is 2.05. The Morgan fingerprint density at radius 3 is 2.11 bits per heavy atom. The third-order valence-corrected chi connectivity index (χ3v) is 4.96. The second-order valence-electron chi connectivity index (χ2n) is 6.69. The molecule has 4 rings (SSSR count). The van der Waals surface area contributed by atoms with Gasteiger partial charge in [0.05, 0.1) is 7.11 Å². The van der Waals surface area contributed by atoms with Crippen LogP contribution in [0.1, 0.15) is 23.6 Å². The zero-order chi connectivity index (χ0) is 19.0. The number of methoxy groups -OCH3 is 1. The minimum Gasteiger partial charge on any atom is -0.497 e. The molecule has 0 bridgehead atoms. The van der Waals surface area contributed by atoms with E-state index in [1.54, 1.807) is 31.4 Å². The second kappa shape index (κ2) is 6.54. The van der Waals surface area contributed by atoms with Gasteiger partial charge in [-0.3, -0.25) is 0 Å². The van der Waals surface area contributed by atoms with Crippen molar-refractivity contribution < 1.29 is 18.3 Å². The van der Waals surface area contributed by atoms with Crippen molar-refractivity contribution in [1.82, 2.24) is 0 Å². The highest BCUT2D eigenvalue weighted by Gasteiger charge is 2.35. The number of fused-ring (bicyclic) bond motifs is 1. The first-order valence-electron chi connectivity index (χ1n) is 8.61. The largest absolute Gasteiger partial charge is 0.497 e. The van der Waals surface area contributed by atoms with Gasteiger partial charge in [0.1, 0.15) is 28.9 Å². The number of rotatable bonds is 3. The summed E-state index contributed by atoms with van der Waals surface area (Å²) < 4.78 is 38.2. The van der Waals surface area contributed by atoms with Gasteiger partial charge < -0.3 is 9.47 Å². The fourth-order valence-electron chi connectivity index (χ4n) is 3.42. The summed E-state index contributed by atoms with van der Waals surface area (Å²) in [5.74, 6) is 1.35. The number of ether oxygens (including phenoxy) is 2. The first-order chi connectivity index (χ1) is 13.0. The van der Waals surface area contributed by atoms with E-state index in [1.807, 2.05) is 24.3 Å². The molecule has 1 heterocycles. The van der Waals surface area contributed by atoms with Crippen LogP contribution in [0.3, 0.4) is 0 Å². The Morgan fingerprint density at radius 2 is 1.48 bits per heavy atom. The summed E-state index contributed by atoms with van der Waals surface area (Å²) in [7, 11) is 1.60. The summed E-state index contributed by atoms with van der Waals surface area (Å²) in [5, 5.41) is 0. The lowest BCUT2D eigenvalue weighted by molar-refractivity contribution is 0.407. The highest BCUT2D eigenvalue weighted by molar-refractivity contribution is 5.71. The van der Waals surface area contributed by atoms with E-state index in [0.29, 0.717) is 17.3 Å². The zero-order valence-electron chi connectivity index (χ0n) is 15.0. The van der Waals surface area contributed by atoms with Crippen LogP contribution in [0.5, 0.6) is 11.5 Å². The van der Waals surface area contributed by atoms with Crippen LogP contribution < -0.4 is 9.47 Å². The Kier molecular flexibility index (Phi) is 4.19. The summed E-state index contributed by atoms with van der Waals surface area (Å²) in [6, 6.07) is 18.3. The molecule has 1 unspecified atom stereocenters. The Bertz CT molecular complexity index is 1010. The summed E-state index contributed by atoms with van der Waals surface area (Å²) in [6.07, 6.45) is 1.99. The van der Waals surface area contributed by atoms with Crippen molar-refractivity contribution in [3.05, 3.63) is 101 Å². The molecule has 0 fully saturated rings. The van der Waals surface area contributed by atoms with Crippen LogP contribution in [0.2, 0.25) is 0 Å². The molecule has 0 radical (unpaired) electrons. The molecule has 136 valence electrons. The molecule has 0 aromatic heterocycles. The zero-order valence-corrected chi connectivity index (χ0v) is 15.0. The molecule has 27 heavy (non-hydrogen) atoms. The van der Waals surface area contributed by atoms with Crippen molar-refractivity contribution in [1.29, 1.82) is 0 Å².